The molecule has 3 aromatic carbocycles. The van der Waals surface area contributed by atoms with Gasteiger partial charge in [0.25, 0.3) is 5.91 Å². The number of carbonyl (C=O) groups is 3. The van der Waals surface area contributed by atoms with Gasteiger partial charge in [-0.15, -0.1) is 0 Å². The fraction of sp³-hybridized carbons (Fsp3) is 0.276. The van der Waals surface area contributed by atoms with Crippen LogP contribution in [-0.4, -0.2) is 38.3 Å². The Morgan fingerprint density at radius 1 is 0.868 bits per heavy atom. The summed E-state index contributed by atoms with van der Waals surface area (Å²) in [6, 6.07) is 19.0. The topological polar surface area (TPSA) is 112 Å². The minimum Gasteiger partial charge on any atom is -0.493 e. The largest absolute Gasteiger partial charge is 0.513 e. The molecule has 0 radical (unpaired) electrons. The van der Waals surface area contributed by atoms with Crippen molar-refractivity contribution in [3.8, 4) is 17.2 Å². The van der Waals surface area contributed by atoms with Crippen molar-refractivity contribution in [1.29, 1.82) is 0 Å². The van der Waals surface area contributed by atoms with Gasteiger partial charge in [-0.05, 0) is 73.9 Å². The molecular weight excluding hydrogens is 488 g/mol. The highest BCUT2D eigenvalue weighted by Gasteiger charge is 2.12. The Kier molecular flexibility index (Phi) is 10.5. The summed E-state index contributed by atoms with van der Waals surface area (Å²) in [5, 5.41) is 5.78. The zero-order valence-electron chi connectivity index (χ0n) is 21.7. The molecule has 9 heteroatoms. The predicted molar refractivity (Wildman–Crippen MR) is 143 cm³/mol. The van der Waals surface area contributed by atoms with E-state index >= 15 is 0 Å². The first-order valence-electron chi connectivity index (χ1n) is 12.3. The summed E-state index contributed by atoms with van der Waals surface area (Å²) in [6.45, 7) is 4.55. The van der Waals surface area contributed by atoms with Crippen LogP contribution in [0.3, 0.4) is 0 Å². The lowest BCUT2D eigenvalue weighted by atomic mass is 10.1. The monoisotopic (exact) mass is 520 g/mol. The van der Waals surface area contributed by atoms with E-state index in [0.717, 1.165) is 11.1 Å². The number of hydrogen-bond donors (Lipinski definition) is 2. The van der Waals surface area contributed by atoms with E-state index in [1.54, 1.807) is 32.2 Å². The molecule has 0 aliphatic carbocycles. The molecule has 0 bridgehead atoms. The van der Waals surface area contributed by atoms with E-state index < -0.39 is 6.16 Å². The molecule has 0 fully saturated rings. The normalized spacial score (nSPS) is 10.3. The fourth-order valence-electron chi connectivity index (χ4n) is 3.60. The van der Waals surface area contributed by atoms with Gasteiger partial charge in [0.15, 0.2) is 11.5 Å². The molecule has 0 saturated carbocycles. The lowest BCUT2D eigenvalue weighted by Gasteiger charge is -2.13. The fourth-order valence-corrected chi connectivity index (χ4v) is 3.60. The first-order valence-corrected chi connectivity index (χ1v) is 12.3. The van der Waals surface area contributed by atoms with Crippen LogP contribution in [0.15, 0.2) is 66.7 Å². The van der Waals surface area contributed by atoms with Crippen molar-refractivity contribution in [1.82, 2.24) is 5.32 Å². The van der Waals surface area contributed by atoms with Crippen LogP contribution in [0.25, 0.3) is 0 Å². The number of para-hydroxylation sites is 1. The number of amides is 2. The summed E-state index contributed by atoms with van der Waals surface area (Å²) in [5.74, 6) is 1.12. The van der Waals surface area contributed by atoms with Crippen molar-refractivity contribution in [3.63, 3.8) is 0 Å². The molecule has 3 aromatic rings. The summed E-state index contributed by atoms with van der Waals surface area (Å²) in [6.07, 6.45) is 0.00379. The van der Waals surface area contributed by atoms with E-state index in [1.807, 2.05) is 43.3 Å². The van der Waals surface area contributed by atoms with Crippen molar-refractivity contribution in [3.05, 3.63) is 83.4 Å². The van der Waals surface area contributed by atoms with E-state index in [0.29, 0.717) is 35.8 Å². The smallest absolute Gasteiger partial charge is 0.493 e. The number of anilines is 1. The lowest BCUT2D eigenvalue weighted by Crippen LogP contribution is -2.24. The number of carbonyl (C=O) groups excluding carboxylic acids is 3. The van der Waals surface area contributed by atoms with Gasteiger partial charge in [-0.25, -0.2) is 4.79 Å². The van der Waals surface area contributed by atoms with Gasteiger partial charge in [-0.2, -0.15) is 0 Å². The van der Waals surface area contributed by atoms with E-state index in [9.17, 15) is 14.4 Å². The van der Waals surface area contributed by atoms with Crippen LogP contribution in [0.4, 0.5) is 10.5 Å². The van der Waals surface area contributed by atoms with Crippen LogP contribution in [0.2, 0.25) is 0 Å². The number of methoxy groups -OCH3 is 1. The van der Waals surface area contributed by atoms with Crippen molar-refractivity contribution < 1.29 is 33.3 Å². The molecule has 2 N–H and O–H groups in total. The van der Waals surface area contributed by atoms with E-state index in [4.69, 9.17) is 18.9 Å². The average Bonchev–Trinajstić information content (AvgIpc) is 2.92. The molecule has 0 atom stereocenters. The van der Waals surface area contributed by atoms with Crippen LogP contribution in [-0.2, 0) is 22.5 Å². The molecule has 0 heterocycles. The number of benzene rings is 3. The Hall–Kier alpha value is -4.53. The first-order chi connectivity index (χ1) is 18.4. The van der Waals surface area contributed by atoms with Crippen LogP contribution in [0.5, 0.6) is 17.2 Å². The number of nitrogens with one attached hydrogen (secondary N) is 2. The highest BCUT2D eigenvalue weighted by atomic mass is 16.7. The quantitative estimate of drug-likeness (QED) is 0.251. The number of hydrogen-bond acceptors (Lipinski definition) is 7. The van der Waals surface area contributed by atoms with Gasteiger partial charge >= 0.3 is 6.16 Å². The van der Waals surface area contributed by atoms with Crippen molar-refractivity contribution >= 4 is 23.7 Å². The SMILES string of the molecule is CCOC(=O)Oc1ccc(C(=O)NCc2ccccc2NC(=O)CCc2ccc(OCC)c(OC)c2)cc1. The summed E-state index contributed by atoms with van der Waals surface area (Å²) >= 11 is 0. The van der Waals surface area contributed by atoms with Crippen LogP contribution in [0, 0.1) is 0 Å². The second-order valence-corrected chi connectivity index (χ2v) is 8.12. The molecule has 38 heavy (non-hydrogen) atoms. The minimum absolute atomic E-state index is 0.145. The summed E-state index contributed by atoms with van der Waals surface area (Å²) < 4.78 is 20.6. The molecular formula is C29H32N2O7. The Labute approximate surface area is 222 Å². The van der Waals surface area contributed by atoms with Gasteiger partial charge < -0.3 is 29.6 Å². The van der Waals surface area contributed by atoms with Gasteiger partial charge in [0.05, 0.1) is 20.3 Å². The zero-order valence-corrected chi connectivity index (χ0v) is 21.7. The molecule has 0 aliphatic rings. The highest BCUT2D eigenvalue weighted by molar-refractivity contribution is 5.95. The third-order valence-electron chi connectivity index (χ3n) is 5.48. The maximum absolute atomic E-state index is 12.7. The van der Waals surface area contributed by atoms with Crippen molar-refractivity contribution in [2.75, 3.05) is 25.6 Å². The van der Waals surface area contributed by atoms with Gasteiger partial charge in [0.2, 0.25) is 5.91 Å². The van der Waals surface area contributed by atoms with Crippen molar-refractivity contribution in [2.45, 2.75) is 33.2 Å². The second-order valence-electron chi connectivity index (χ2n) is 8.12. The summed E-state index contributed by atoms with van der Waals surface area (Å²) in [7, 11) is 1.58. The van der Waals surface area contributed by atoms with Gasteiger partial charge in [-0.3, -0.25) is 9.59 Å². The molecule has 200 valence electrons. The van der Waals surface area contributed by atoms with E-state index in [-0.39, 0.29) is 37.1 Å². The third kappa shape index (κ3) is 8.26. The molecule has 0 saturated heterocycles. The van der Waals surface area contributed by atoms with Gasteiger partial charge in [-0.1, -0.05) is 24.3 Å². The minimum atomic E-state index is -0.803. The Morgan fingerprint density at radius 2 is 1.63 bits per heavy atom. The number of aryl methyl sites for hydroxylation is 1. The maximum atomic E-state index is 12.7. The standard InChI is InChI=1S/C29H32N2O7/c1-4-36-25-16-10-20(18-26(25)35-3)11-17-27(32)31-24-9-7-6-8-22(24)19-30-28(33)21-12-14-23(15-13-21)38-29(34)37-5-2/h6-10,12-16,18H,4-5,11,17,19H2,1-3H3,(H,30,33)(H,31,32). The maximum Gasteiger partial charge on any atom is 0.513 e. The number of ether oxygens (including phenoxy) is 4. The number of rotatable bonds is 12. The van der Waals surface area contributed by atoms with E-state index in [2.05, 4.69) is 10.6 Å². The average molecular weight is 521 g/mol. The van der Waals surface area contributed by atoms with Crippen LogP contribution >= 0.6 is 0 Å². The third-order valence-corrected chi connectivity index (χ3v) is 5.48. The van der Waals surface area contributed by atoms with Gasteiger partial charge in [0.1, 0.15) is 5.75 Å². The zero-order chi connectivity index (χ0) is 27.3. The second kappa shape index (κ2) is 14.3. The lowest BCUT2D eigenvalue weighted by molar-refractivity contribution is -0.116. The molecule has 0 aromatic heterocycles. The van der Waals surface area contributed by atoms with E-state index in [1.165, 1.54) is 12.1 Å². The predicted octanol–water partition coefficient (Wildman–Crippen LogP) is 5.13. The molecule has 0 aliphatic heterocycles. The van der Waals surface area contributed by atoms with Crippen molar-refractivity contribution in [2.24, 2.45) is 0 Å². The Balaban J connectivity index is 1.54. The Bertz CT molecular complexity index is 1240. The molecule has 9 nitrogen and oxygen atoms in total. The van der Waals surface area contributed by atoms with Crippen LogP contribution in [0.1, 0.15) is 41.8 Å². The summed E-state index contributed by atoms with van der Waals surface area (Å²) in [4.78, 5) is 36.7. The molecule has 2 amide bonds. The molecule has 3 rings (SSSR count). The Morgan fingerprint density at radius 3 is 2.34 bits per heavy atom. The molecule has 0 unspecified atom stereocenters. The summed E-state index contributed by atoms with van der Waals surface area (Å²) in [5.41, 5.74) is 2.74. The first kappa shape index (κ1) is 28.0. The highest BCUT2D eigenvalue weighted by Crippen LogP contribution is 2.28. The van der Waals surface area contributed by atoms with Crippen LogP contribution < -0.4 is 24.8 Å². The molecule has 0 spiro atoms. The van der Waals surface area contributed by atoms with Gasteiger partial charge in [0, 0.05) is 24.2 Å².